The van der Waals surface area contributed by atoms with Crippen molar-refractivity contribution in [2.24, 2.45) is 94.1 Å². The summed E-state index contributed by atoms with van der Waals surface area (Å²) in [6.45, 7) is 0.134. The minimum absolute atomic E-state index is 0.00258. The van der Waals surface area contributed by atoms with E-state index in [1.54, 1.807) is 6.20 Å². The summed E-state index contributed by atoms with van der Waals surface area (Å²) in [6.07, 6.45) is 5.02. The number of amides is 1. The van der Waals surface area contributed by atoms with Gasteiger partial charge in [0.1, 0.15) is 29.8 Å². The molecule has 2 aromatic rings. The summed E-state index contributed by atoms with van der Waals surface area (Å²) in [5.74, 6) is -0.557. The number of unbranched alkanes of at least 4 members (excludes halogenated alkanes) is 1. The molecule has 68 heavy (non-hydrogen) atoms. The van der Waals surface area contributed by atoms with Crippen LogP contribution in [0.4, 0.5) is 0 Å². The Morgan fingerprint density at radius 1 is 0.662 bits per heavy atom. The summed E-state index contributed by atoms with van der Waals surface area (Å²) in [7, 11) is -9.04. The highest BCUT2D eigenvalue weighted by atomic mass is 31.2. The van der Waals surface area contributed by atoms with E-state index in [1.165, 1.54) is 15.6 Å². The second kappa shape index (κ2) is 37.0. The number of phosphoric acid groups is 2. The first kappa shape index (κ1) is 57.0. The van der Waals surface area contributed by atoms with Gasteiger partial charge in [0.25, 0.3) is 0 Å². The highest BCUT2D eigenvalue weighted by Crippen LogP contribution is 2.44. The predicted molar refractivity (Wildman–Crippen MR) is 209 cm³/mol. The minimum atomic E-state index is -4.67. The number of Topliss-reactive ketones (excluding diaryl/α,β-unsaturated/α-hetero) is 1. The molecule has 2 aromatic heterocycles. The lowest BCUT2D eigenvalue weighted by Gasteiger charge is -2.12. The van der Waals surface area contributed by atoms with E-state index in [9.17, 15) is 28.5 Å². The number of ether oxygens (including phenoxy) is 3. The Balaban J connectivity index is 1.44. The second-order valence-corrected chi connectivity index (χ2v) is 14.5. The van der Waals surface area contributed by atoms with Gasteiger partial charge in [0.05, 0.1) is 63.9 Å². The molecule has 2 rings (SSSR count). The fourth-order valence-corrected chi connectivity index (χ4v) is 5.15. The number of azide groups is 1. The molecule has 42 nitrogen and oxygen atoms in total. The van der Waals surface area contributed by atoms with Crippen molar-refractivity contribution in [3.8, 4) is 0 Å². The smallest absolute Gasteiger partial charge is 0.433 e. The number of nitrogens with one attached hydrogen (secondary N) is 2. The molecule has 2 heterocycles. The summed E-state index contributed by atoms with van der Waals surface area (Å²) < 4.78 is 61.2. The maximum absolute atomic E-state index is 12.3. The number of nitrogens with zero attached hydrogens (tertiary/aromatic N) is 26. The molecule has 0 aliphatic rings. The average molecular weight is 1010 g/mol. The monoisotopic (exact) mass is 1010 g/mol. The van der Waals surface area contributed by atoms with Gasteiger partial charge in [-0.3, -0.25) is 32.7 Å². The van der Waals surface area contributed by atoms with Gasteiger partial charge in [0.15, 0.2) is 12.6 Å². The third kappa shape index (κ3) is 32.5. The zero-order chi connectivity index (χ0) is 49.2. The van der Waals surface area contributed by atoms with Crippen LogP contribution in [-0.4, -0.2) is 104 Å². The van der Waals surface area contributed by atoms with Crippen molar-refractivity contribution in [2.45, 2.75) is 64.8 Å². The third-order valence-corrected chi connectivity index (χ3v) is 8.32. The fraction of sp³-hybridized carbons (Fsp3) is 0.750. The van der Waals surface area contributed by atoms with E-state index in [0.717, 1.165) is 0 Å². The normalized spacial score (nSPS) is 14.0. The largest absolute Gasteiger partial charge is 0.549 e. The summed E-state index contributed by atoms with van der Waals surface area (Å²) in [5, 5.41) is 70.6. The molecule has 1 amide bonds. The summed E-state index contributed by atoms with van der Waals surface area (Å²) in [4.78, 5) is 51.0. The maximum Gasteiger partial charge on any atom is 0.549 e. The van der Waals surface area contributed by atoms with Crippen molar-refractivity contribution in [2.75, 3.05) is 53.0 Å². The van der Waals surface area contributed by atoms with E-state index >= 15 is 0 Å². The summed E-state index contributed by atoms with van der Waals surface area (Å²) in [6, 6.07) is 0. The lowest BCUT2D eigenvalue weighted by Crippen LogP contribution is -2.29. The Kier molecular flexibility index (Phi) is 31.0. The number of phosphoric ester groups is 2. The van der Waals surface area contributed by atoms with Crippen LogP contribution in [0.1, 0.15) is 49.9 Å². The van der Waals surface area contributed by atoms with Crippen LogP contribution in [-0.2, 0) is 82.3 Å². The van der Waals surface area contributed by atoms with Crippen LogP contribution in [0, 0.1) is 5.53 Å². The Morgan fingerprint density at radius 2 is 1.19 bits per heavy atom. The molecule has 0 spiro atoms. The lowest BCUT2D eigenvalue weighted by atomic mass is 10.2. The van der Waals surface area contributed by atoms with Crippen molar-refractivity contribution in [1.82, 2.24) is 35.3 Å². The van der Waals surface area contributed by atoms with Gasteiger partial charge in [-0.05, 0) is 73.0 Å². The van der Waals surface area contributed by atoms with E-state index < -0.39 is 28.3 Å². The number of hydrogen-bond donors (Lipinski definition) is 4. The third-order valence-electron chi connectivity index (χ3n) is 6.59. The lowest BCUT2D eigenvalue weighted by molar-refractivity contribution is -0.122. The SMILES string of the molecule is [N-]=[N+]=NOCCCOCc1cn(CC(=O)CCCCOP(=O)(O)OCOCCCOCc2cn(CC(=O)NCCCOP(=O)(O)O\N=N/N=N/N=N/N=N/N=N/N=N/N=N/N=N/N=N)nn2)nn1. The molecule has 0 saturated carbocycles. The number of hydrogen-bond acceptors (Lipinski definition) is 19. The molecule has 372 valence electrons. The first-order chi connectivity index (χ1) is 33.0. The molecule has 0 aromatic carbocycles. The van der Waals surface area contributed by atoms with Crippen molar-refractivity contribution in [3.05, 3.63) is 34.2 Å². The van der Waals surface area contributed by atoms with Gasteiger partial charge < -0.3 is 29.3 Å². The molecule has 2 atom stereocenters. The average Bonchev–Trinajstić information content (AvgIpc) is 3.96. The molecule has 0 aliphatic carbocycles. The Bertz CT molecular complexity index is 2160. The van der Waals surface area contributed by atoms with Crippen LogP contribution < -0.4 is 5.32 Å². The van der Waals surface area contributed by atoms with Crippen LogP contribution in [0.15, 0.2) is 107 Å². The first-order valence-electron chi connectivity index (χ1n) is 18.8. The molecule has 0 bridgehead atoms. The van der Waals surface area contributed by atoms with Crippen molar-refractivity contribution in [1.29, 1.82) is 5.53 Å². The highest BCUT2D eigenvalue weighted by molar-refractivity contribution is 7.47. The summed E-state index contributed by atoms with van der Waals surface area (Å²) >= 11 is 0. The Labute approximate surface area is 379 Å². The van der Waals surface area contributed by atoms with E-state index in [2.05, 4.69) is 139 Å². The van der Waals surface area contributed by atoms with Crippen LogP contribution >= 0.6 is 15.6 Å². The predicted octanol–water partition coefficient (Wildman–Crippen LogP) is 5.00. The fourth-order valence-electron chi connectivity index (χ4n) is 3.97. The van der Waals surface area contributed by atoms with E-state index in [0.29, 0.717) is 43.7 Å². The molecule has 0 saturated heterocycles. The molecule has 0 aliphatic heterocycles. The Morgan fingerprint density at radius 3 is 1.79 bits per heavy atom. The number of rotatable bonds is 41. The van der Waals surface area contributed by atoms with Crippen LogP contribution in [0.3, 0.4) is 0 Å². The topological polar surface area (TPSA) is 539 Å². The van der Waals surface area contributed by atoms with Gasteiger partial charge >= 0.3 is 15.6 Å². The van der Waals surface area contributed by atoms with Gasteiger partial charge in [0.2, 0.25) is 5.91 Å². The number of carbonyl (C=O) groups is 2. The molecular formula is C24H42N28O14P2. The quantitative estimate of drug-likeness (QED) is 0.0129. The molecule has 0 radical (unpaired) electrons. The molecular weight excluding hydrogens is 966 g/mol. The van der Waals surface area contributed by atoms with Crippen molar-refractivity contribution < 1.29 is 65.7 Å². The summed E-state index contributed by atoms with van der Waals surface area (Å²) in [5.41, 5.74) is 15.4. The molecule has 2 unspecified atom stereocenters. The highest BCUT2D eigenvalue weighted by Gasteiger charge is 2.23. The molecule has 0 fully saturated rings. The Hall–Kier alpha value is -7.13. The zero-order valence-corrected chi connectivity index (χ0v) is 37.0. The molecule has 4 N–H and O–H groups in total. The van der Waals surface area contributed by atoms with Crippen LogP contribution in [0.2, 0.25) is 0 Å². The van der Waals surface area contributed by atoms with E-state index in [1.807, 2.05) is 0 Å². The van der Waals surface area contributed by atoms with Crippen molar-refractivity contribution in [3.63, 3.8) is 0 Å². The standard InChI is InChI=1S/C24H42N28O14P2/c25-30-32-33-34-35-36-37-38-39-40-41-42-43-44-45-46-50-66-68(57,58)64-13-3-7-27-24(54)17-52-15-22(29-48-52)19-59-8-4-10-61-20-65-67(55,56)63-12-2-1-6-23(53)16-51-14-21(28-47-51)18-60-9-5-11-62-49-31-26/h14-15,25H,1-13,16-20H2,(H,27,54)(H,55,56)(H,57,58)/b30-25?,33-32+,35-34+,37-36+,39-38+,41-40+,43-42+,45-44+,50-46-. The number of carbonyl (C=O) groups excluding carboxylic acids is 2. The van der Waals surface area contributed by atoms with Gasteiger partial charge in [-0.25, -0.2) is 18.5 Å². The van der Waals surface area contributed by atoms with Gasteiger partial charge in [-0.15, -0.1) is 10.2 Å². The molecule has 44 heteroatoms. The maximum atomic E-state index is 12.3. The van der Waals surface area contributed by atoms with Gasteiger partial charge in [0, 0.05) is 72.7 Å². The van der Waals surface area contributed by atoms with E-state index in [4.69, 9.17) is 34.3 Å². The van der Waals surface area contributed by atoms with Crippen LogP contribution in [0.25, 0.3) is 10.4 Å². The zero-order valence-electron chi connectivity index (χ0n) is 35.2. The number of ketones is 1. The van der Waals surface area contributed by atoms with Gasteiger partial charge in [-0.1, -0.05) is 10.4 Å². The second-order valence-electron chi connectivity index (χ2n) is 11.7. The first-order valence-corrected chi connectivity index (χ1v) is 21.8. The number of aromatic nitrogens is 6. The van der Waals surface area contributed by atoms with E-state index in [-0.39, 0.29) is 84.5 Å². The van der Waals surface area contributed by atoms with Crippen molar-refractivity contribution >= 4 is 27.3 Å². The van der Waals surface area contributed by atoms with Gasteiger partial charge in [-0.2, -0.15) is 5.53 Å². The van der Waals surface area contributed by atoms with Crippen LogP contribution in [0.5, 0.6) is 0 Å². The minimum Gasteiger partial charge on any atom is -0.433 e.